The molecule has 4 nitrogen and oxygen atoms in total. The number of amides is 1. The summed E-state index contributed by atoms with van der Waals surface area (Å²) >= 11 is 0. The number of hydrogen-bond donors (Lipinski definition) is 1. The van der Waals surface area contributed by atoms with Gasteiger partial charge in [-0.3, -0.25) is 14.2 Å². The summed E-state index contributed by atoms with van der Waals surface area (Å²) < 4.78 is 41.1. The third-order valence-electron chi connectivity index (χ3n) is 3.79. The topological polar surface area (TPSA) is 51.1 Å². The van der Waals surface area contributed by atoms with Crippen LogP contribution in [-0.4, -0.2) is 10.5 Å². The number of aromatic nitrogens is 1. The highest BCUT2D eigenvalue weighted by Crippen LogP contribution is 2.20. The van der Waals surface area contributed by atoms with Crippen molar-refractivity contribution in [3.8, 4) is 0 Å². The molecule has 0 spiro atoms. The molecule has 7 heteroatoms. The lowest BCUT2D eigenvalue weighted by Crippen LogP contribution is -2.29. The molecule has 3 rings (SSSR count). The van der Waals surface area contributed by atoms with Gasteiger partial charge in [0.2, 0.25) is 5.91 Å². The van der Waals surface area contributed by atoms with E-state index in [1.807, 2.05) is 0 Å². The maximum atomic E-state index is 13.7. The Kier molecular flexibility index (Phi) is 4.31. The average Bonchev–Trinajstić information content (AvgIpc) is 2.59. The van der Waals surface area contributed by atoms with Crippen LogP contribution in [0.5, 0.6) is 0 Å². The molecule has 0 fully saturated rings. The predicted molar refractivity (Wildman–Crippen MR) is 87.9 cm³/mol. The summed E-state index contributed by atoms with van der Waals surface area (Å²) in [5, 5.41) is 2.93. The molecule has 128 valence electrons. The fourth-order valence-electron chi connectivity index (χ4n) is 2.59. The van der Waals surface area contributed by atoms with Crippen molar-refractivity contribution >= 4 is 22.5 Å². The van der Waals surface area contributed by atoms with Crippen molar-refractivity contribution in [2.75, 3.05) is 5.32 Å². The van der Waals surface area contributed by atoms with Gasteiger partial charge in [0.15, 0.2) is 17.5 Å². The van der Waals surface area contributed by atoms with Gasteiger partial charge in [-0.25, -0.2) is 13.2 Å². The summed E-state index contributed by atoms with van der Waals surface area (Å²) in [4.78, 5) is 24.5. The van der Waals surface area contributed by atoms with Crippen molar-refractivity contribution < 1.29 is 18.0 Å². The molecule has 0 aliphatic rings. The van der Waals surface area contributed by atoms with E-state index in [9.17, 15) is 22.8 Å². The monoisotopic (exact) mass is 346 g/mol. The normalized spacial score (nSPS) is 10.9. The van der Waals surface area contributed by atoms with E-state index < -0.39 is 29.0 Å². The van der Waals surface area contributed by atoms with E-state index in [1.165, 1.54) is 4.57 Å². The molecule has 0 aliphatic heterocycles. The molecule has 2 aromatic carbocycles. The second kappa shape index (κ2) is 6.43. The molecule has 0 saturated heterocycles. The van der Waals surface area contributed by atoms with Gasteiger partial charge in [-0.15, -0.1) is 0 Å². The van der Waals surface area contributed by atoms with Gasteiger partial charge in [0.1, 0.15) is 6.54 Å². The molecule has 0 saturated carbocycles. The van der Waals surface area contributed by atoms with Crippen molar-refractivity contribution in [2.45, 2.75) is 13.5 Å². The van der Waals surface area contributed by atoms with Crippen molar-refractivity contribution in [3.05, 3.63) is 75.8 Å². The fraction of sp³-hybridized carbons (Fsp3) is 0.111. The molecule has 0 bridgehead atoms. The van der Waals surface area contributed by atoms with Crippen LogP contribution in [0.2, 0.25) is 0 Å². The standard InChI is InChI=1S/C18H13F3N2O2/c1-10-8-11-4-2-3-5-14(11)23(18(10)25)9-15(24)22-13-7-6-12(19)16(20)17(13)21/h2-8H,9H2,1H3,(H,22,24). The molecule has 3 aromatic rings. The molecule has 1 heterocycles. The van der Waals surface area contributed by atoms with Gasteiger partial charge in [0.05, 0.1) is 11.2 Å². The lowest BCUT2D eigenvalue weighted by Gasteiger charge is -2.12. The van der Waals surface area contributed by atoms with Crippen LogP contribution in [-0.2, 0) is 11.3 Å². The van der Waals surface area contributed by atoms with E-state index >= 15 is 0 Å². The molecule has 1 amide bonds. The first-order valence-electron chi connectivity index (χ1n) is 7.41. The summed E-state index contributed by atoms with van der Waals surface area (Å²) in [6, 6.07) is 10.3. The third kappa shape index (κ3) is 3.13. The van der Waals surface area contributed by atoms with Gasteiger partial charge in [0, 0.05) is 5.56 Å². The van der Waals surface area contributed by atoms with E-state index in [0.717, 1.165) is 11.5 Å². The SMILES string of the molecule is Cc1cc2ccccc2n(CC(=O)Nc2ccc(F)c(F)c2F)c1=O. The first-order valence-corrected chi connectivity index (χ1v) is 7.41. The largest absolute Gasteiger partial charge is 0.322 e. The molecule has 1 aromatic heterocycles. The number of nitrogens with zero attached hydrogens (tertiary/aromatic N) is 1. The summed E-state index contributed by atoms with van der Waals surface area (Å²) in [5.41, 5.74) is 0.137. The number of fused-ring (bicyclic) bond motifs is 1. The second-order valence-corrected chi connectivity index (χ2v) is 5.55. The Morgan fingerprint density at radius 1 is 1.08 bits per heavy atom. The van der Waals surface area contributed by atoms with Gasteiger partial charge in [-0.1, -0.05) is 18.2 Å². The van der Waals surface area contributed by atoms with Crippen LogP contribution in [0.4, 0.5) is 18.9 Å². The van der Waals surface area contributed by atoms with Gasteiger partial charge in [-0.05, 0) is 36.6 Å². The van der Waals surface area contributed by atoms with E-state index in [4.69, 9.17) is 0 Å². The number of carbonyl (C=O) groups excluding carboxylic acids is 1. The highest BCUT2D eigenvalue weighted by atomic mass is 19.2. The number of carbonyl (C=O) groups is 1. The smallest absolute Gasteiger partial charge is 0.254 e. The molecular formula is C18H13F3N2O2. The minimum atomic E-state index is -1.67. The van der Waals surface area contributed by atoms with Gasteiger partial charge < -0.3 is 5.32 Å². The van der Waals surface area contributed by atoms with Gasteiger partial charge >= 0.3 is 0 Å². The van der Waals surface area contributed by atoms with E-state index in [-0.39, 0.29) is 12.1 Å². The van der Waals surface area contributed by atoms with Crippen molar-refractivity contribution in [1.29, 1.82) is 0 Å². The van der Waals surface area contributed by atoms with Crippen LogP contribution in [0.15, 0.2) is 47.3 Å². The number of anilines is 1. The quantitative estimate of drug-likeness (QED) is 0.740. The molecule has 1 N–H and O–H groups in total. The van der Waals surface area contributed by atoms with E-state index in [2.05, 4.69) is 5.32 Å². The Bertz CT molecular complexity index is 1040. The number of nitrogens with one attached hydrogen (secondary N) is 1. The zero-order chi connectivity index (χ0) is 18.1. The summed E-state index contributed by atoms with van der Waals surface area (Å²) in [6.07, 6.45) is 0. The summed E-state index contributed by atoms with van der Waals surface area (Å²) in [7, 11) is 0. The fourth-order valence-corrected chi connectivity index (χ4v) is 2.59. The molecule has 0 atom stereocenters. The Labute approximate surface area is 140 Å². The molecule has 0 aliphatic carbocycles. The van der Waals surface area contributed by atoms with Crippen LogP contribution < -0.4 is 10.9 Å². The molecule has 0 unspecified atom stereocenters. The van der Waals surface area contributed by atoms with Crippen molar-refractivity contribution in [1.82, 2.24) is 4.57 Å². The predicted octanol–water partition coefficient (Wildman–Crippen LogP) is 3.37. The number of halogens is 3. The van der Waals surface area contributed by atoms with E-state index in [1.54, 1.807) is 37.3 Å². The van der Waals surface area contributed by atoms with Crippen LogP contribution in [0, 0.1) is 24.4 Å². The maximum absolute atomic E-state index is 13.7. The average molecular weight is 346 g/mol. The highest BCUT2D eigenvalue weighted by molar-refractivity contribution is 5.92. The first-order chi connectivity index (χ1) is 11.9. The summed E-state index contributed by atoms with van der Waals surface area (Å²) in [6.45, 7) is 1.23. The zero-order valence-electron chi connectivity index (χ0n) is 13.1. The Hall–Kier alpha value is -3.09. The minimum Gasteiger partial charge on any atom is -0.322 e. The van der Waals surface area contributed by atoms with Crippen LogP contribution in [0.3, 0.4) is 0 Å². The highest BCUT2D eigenvalue weighted by Gasteiger charge is 2.16. The maximum Gasteiger partial charge on any atom is 0.254 e. The van der Waals surface area contributed by atoms with Crippen LogP contribution >= 0.6 is 0 Å². The van der Waals surface area contributed by atoms with Gasteiger partial charge in [-0.2, -0.15) is 0 Å². The number of pyridine rings is 1. The van der Waals surface area contributed by atoms with Crippen molar-refractivity contribution in [2.24, 2.45) is 0 Å². The third-order valence-corrected chi connectivity index (χ3v) is 3.79. The van der Waals surface area contributed by atoms with Crippen LogP contribution in [0.1, 0.15) is 5.56 Å². The molecule has 0 radical (unpaired) electrons. The van der Waals surface area contributed by atoms with Crippen LogP contribution in [0.25, 0.3) is 10.9 Å². The Morgan fingerprint density at radius 2 is 1.80 bits per heavy atom. The lowest BCUT2D eigenvalue weighted by molar-refractivity contribution is -0.116. The van der Waals surface area contributed by atoms with E-state index in [0.29, 0.717) is 17.1 Å². The summed E-state index contributed by atoms with van der Waals surface area (Å²) in [5.74, 6) is -5.25. The minimum absolute atomic E-state index is 0.361. The Balaban J connectivity index is 1.94. The first kappa shape index (κ1) is 16.8. The number of para-hydroxylation sites is 1. The van der Waals surface area contributed by atoms with Crippen molar-refractivity contribution in [3.63, 3.8) is 0 Å². The lowest BCUT2D eigenvalue weighted by atomic mass is 10.1. The number of aryl methyl sites for hydroxylation is 1. The molecule has 25 heavy (non-hydrogen) atoms. The van der Waals surface area contributed by atoms with Gasteiger partial charge in [0.25, 0.3) is 5.56 Å². The number of rotatable bonds is 3. The number of benzene rings is 2. The zero-order valence-corrected chi connectivity index (χ0v) is 13.1. The molecular weight excluding hydrogens is 333 g/mol. The number of hydrogen-bond acceptors (Lipinski definition) is 2. The Morgan fingerprint density at radius 3 is 2.56 bits per heavy atom. The second-order valence-electron chi connectivity index (χ2n) is 5.55.